The minimum Gasteiger partial charge on any atom is -0.370 e. The molecule has 2 aromatic carbocycles. The molecule has 0 fully saturated rings. The van der Waals surface area contributed by atoms with E-state index in [4.69, 9.17) is 0 Å². The highest BCUT2D eigenvalue weighted by Gasteiger charge is 2.10. The van der Waals surface area contributed by atoms with Crippen molar-refractivity contribution >= 4 is 17.4 Å². The van der Waals surface area contributed by atoms with Crippen molar-refractivity contribution in [1.82, 2.24) is 9.97 Å². The van der Waals surface area contributed by atoms with Crippen molar-refractivity contribution in [2.75, 3.05) is 17.2 Å². The Hall–Kier alpha value is -3.28. The lowest BCUT2D eigenvalue weighted by Gasteiger charge is -2.09. The van der Waals surface area contributed by atoms with Gasteiger partial charge in [0, 0.05) is 18.3 Å². The van der Waals surface area contributed by atoms with Crippen LogP contribution in [-0.2, 0) is 6.42 Å². The van der Waals surface area contributed by atoms with Crippen molar-refractivity contribution in [3.8, 4) is 0 Å². The quantitative estimate of drug-likeness (QED) is 0.690. The van der Waals surface area contributed by atoms with Crippen molar-refractivity contribution in [1.29, 1.82) is 0 Å². The molecule has 0 unspecified atom stereocenters. The van der Waals surface area contributed by atoms with Gasteiger partial charge in [-0.05, 0) is 55.2 Å². The Bertz CT molecular complexity index is 938. The summed E-state index contributed by atoms with van der Waals surface area (Å²) in [6.07, 6.45) is 1.85. The first-order valence-electron chi connectivity index (χ1n) is 8.70. The molecule has 3 rings (SSSR count). The largest absolute Gasteiger partial charge is 0.370 e. The van der Waals surface area contributed by atoms with Gasteiger partial charge in [-0.25, -0.2) is 14.4 Å². The maximum atomic E-state index is 13.6. The molecule has 3 aromatic rings. The van der Waals surface area contributed by atoms with Crippen LogP contribution in [0.5, 0.6) is 0 Å². The van der Waals surface area contributed by atoms with E-state index in [1.165, 1.54) is 12.4 Å². The van der Waals surface area contributed by atoms with E-state index in [1.807, 2.05) is 32.0 Å². The monoisotopic (exact) mass is 364 g/mol. The number of hydrogen-bond donors (Lipinski definition) is 2. The second-order valence-electron chi connectivity index (χ2n) is 6.39. The highest BCUT2D eigenvalue weighted by atomic mass is 19.1. The SMILES string of the molecule is Cc1cc(C)cc(NC(=O)c2cc(NCCc3ccccc3F)ncn2)c1. The lowest BCUT2D eigenvalue weighted by atomic mass is 10.1. The maximum Gasteiger partial charge on any atom is 0.274 e. The second-order valence-corrected chi connectivity index (χ2v) is 6.39. The summed E-state index contributed by atoms with van der Waals surface area (Å²) in [7, 11) is 0. The molecule has 0 bridgehead atoms. The van der Waals surface area contributed by atoms with Crippen LogP contribution in [0.3, 0.4) is 0 Å². The predicted octanol–water partition coefficient (Wildman–Crippen LogP) is 4.14. The summed E-state index contributed by atoms with van der Waals surface area (Å²) in [5.74, 6) is -0.0121. The molecule has 2 N–H and O–H groups in total. The second kappa shape index (κ2) is 8.40. The van der Waals surface area contributed by atoms with Gasteiger partial charge in [0.15, 0.2) is 0 Å². The number of aromatic nitrogens is 2. The molecule has 138 valence electrons. The van der Waals surface area contributed by atoms with Crippen LogP contribution in [0.25, 0.3) is 0 Å². The summed E-state index contributed by atoms with van der Waals surface area (Å²) in [5, 5.41) is 5.95. The molecule has 0 aliphatic carbocycles. The minimum absolute atomic E-state index is 0.226. The van der Waals surface area contributed by atoms with Crippen molar-refractivity contribution in [2.45, 2.75) is 20.3 Å². The predicted molar refractivity (Wildman–Crippen MR) is 104 cm³/mol. The van der Waals surface area contributed by atoms with Crippen molar-refractivity contribution < 1.29 is 9.18 Å². The molecule has 5 nitrogen and oxygen atoms in total. The fraction of sp³-hybridized carbons (Fsp3) is 0.190. The standard InChI is InChI=1S/C21H21FN4O/c1-14-9-15(2)11-17(10-14)26-21(27)19-12-20(25-13-24-19)23-8-7-16-5-3-4-6-18(16)22/h3-6,9-13H,7-8H2,1-2H3,(H,26,27)(H,23,24,25). The molecule has 0 atom stereocenters. The Morgan fingerprint density at radius 1 is 1.04 bits per heavy atom. The molecule has 0 saturated carbocycles. The first kappa shape index (κ1) is 18.5. The molecule has 0 radical (unpaired) electrons. The molecule has 1 aromatic heterocycles. The Balaban J connectivity index is 1.62. The number of hydrogen-bond acceptors (Lipinski definition) is 4. The summed E-state index contributed by atoms with van der Waals surface area (Å²) in [6, 6.07) is 14.1. The third-order valence-corrected chi connectivity index (χ3v) is 4.04. The van der Waals surface area contributed by atoms with Crippen molar-refractivity contribution in [3.05, 3.63) is 83.1 Å². The fourth-order valence-corrected chi connectivity index (χ4v) is 2.85. The highest BCUT2D eigenvalue weighted by molar-refractivity contribution is 6.03. The van der Waals surface area contributed by atoms with E-state index < -0.39 is 0 Å². The zero-order chi connectivity index (χ0) is 19.2. The van der Waals surface area contributed by atoms with Crippen molar-refractivity contribution in [2.24, 2.45) is 0 Å². The molecule has 1 amide bonds. The van der Waals surface area contributed by atoms with Crippen LogP contribution in [0.15, 0.2) is 54.9 Å². The van der Waals surface area contributed by atoms with Crippen LogP contribution >= 0.6 is 0 Å². The number of rotatable bonds is 6. The number of carbonyl (C=O) groups is 1. The van der Waals surface area contributed by atoms with Gasteiger partial charge in [0.1, 0.15) is 23.7 Å². The van der Waals surface area contributed by atoms with Gasteiger partial charge < -0.3 is 10.6 Å². The number of halogens is 1. The van der Waals surface area contributed by atoms with Crippen LogP contribution in [-0.4, -0.2) is 22.4 Å². The van der Waals surface area contributed by atoms with Crippen molar-refractivity contribution in [3.63, 3.8) is 0 Å². The topological polar surface area (TPSA) is 66.9 Å². The highest BCUT2D eigenvalue weighted by Crippen LogP contribution is 2.15. The lowest BCUT2D eigenvalue weighted by molar-refractivity contribution is 0.102. The molecule has 0 saturated heterocycles. The first-order valence-corrected chi connectivity index (χ1v) is 8.70. The Morgan fingerprint density at radius 2 is 1.78 bits per heavy atom. The number of nitrogens with one attached hydrogen (secondary N) is 2. The van der Waals surface area contributed by atoms with E-state index in [2.05, 4.69) is 20.6 Å². The number of nitrogens with zero attached hydrogens (tertiary/aromatic N) is 2. The van der Waals surface area contributed by atoms with Gasteiger partial charge in [0.25, 0.3) is 5.91 Å². The smallest absolute Gasteiger partial charge is 0.274 e. The van der Waals surface area contributed by atoms with Gasteiger partial charge in [-0.3, -0.25) is 4.79 Å². The van der Waals surface area contributed by atoms with Crippen LogP contribution in [0, 0.1) is 19.7 Å². The first-order chi connectivity index (χ1) is 13.0. The molecule has 27 heavy (non-hydrogen) atoms. The summed E-state index contributed by atoms with van der Waals surface area (Å²) >= 11 is 0. The lowest BCUT2D eigenvalue weighted by Crippen LogP contribution is -2.15. The maximum absolute atomic E-state index is 13.6. The van der Waals surface area contributed by atoms with Gasteiger partial charge in [-0.15, -0.1) is 0 Å². The van der Waals surface area contributed by atoms with Gasteiger partial charge in [-0.1, -0.05) is 24.3 Å². The summed E-state index contributed by atoms with van der Waals surface area (Å²) in [6.45, 7) is 4.45. The van der Waals surface area contributed by atoms with Crippen LogP contribution in [0.1, 0.15) is 27.2 Å². The van der Waals surface area contributed by atoms with E-state index in [1.54, 1.807) is 24.3 Å². The number of anilines is 2. The number of aryl methyl sites for hydroxylation is 2. The third kappa shape index (κ3) is 5.10. The van der Waals surface area contributed by atoms with Crippen LogP contribution in [0.2, 0.25) is 0 Å². The fourth-order valence-electron chi connectivity index (χ4n) is 2.85. The molecule has 0 aliphatic heterocycles. The number of amides is 1. The molecule has 6 heteroatoms. The van der Waals surface area contributed by atoms with E-state index in [9.17, 15) is 9.18 Å². The third-order valence-electron chi connectivity index (χ3n) is 4.04. The Labute approximate surface area is 157 Å². The zero-order valence-corrected chi connectivity index (χ0v) is 15.3. The van der Waals surface area contributed by atoms with Gasteiger partial charge in [0.05, 0.1) is 0 Å². The minimum atomic E-state index is -0.306. The van der Waals surface area contributed by atoms with E-state index in [0.717, 1.165) is 16.8 Å². The molecule has 1 heterocycles. The molecule has 0 spiro atoms. The van der Waals surface area contributed by atoms with E-state index in [-0.39, 0.29) is 17.4 Å². The molecular formula is C21H21FN4O. The summed E-state index contributed by atoms with van der Waals surface area (Å²) in [5.41, 5.74) is 3.77. The van der Waals surface area contributed by atoms with E-state index in [0.29, 0.717) is 24.3 Å². The molecular weight excluding hydrogens is 343 g/mol. The van der Waals surface area contributed by atoms with Crippen LogP contribution in [0.4, 0.5) is 15.9 Å². The Kier molecular flexibility index (Phi) is 5.76. The van der Waals surface area contributed by atoms with Gasteiger partial charge >= 0.3 is 0 Å². The summed E-state index contributed by atoms with van der Waals surface area (Å²) < 4.78 is 13.6. The zero-order valence-electron chi connectivity index (χ0n) is 15.3. The number of benzene rings is 2. The number of carbonyl (C=O) groups excluding carboxylic acids is 1. The normalized spacial score (nSPS) is 10.5. The van der Waals surface area contributed by atoms with Gasteiger partial charge in [-0.2, -0.15) is 0 Å². The average Bonchev–Trinajstić information content (AvgIpc) is 2.63. The molecule has 0 aliphatic rings. The van der Waals surface area contributed by atoms with Gasteiger partial charge in [0.2, 0.25) is 0 Å². The Morgan fingerprint density at radius 3 is 2.52 bits per heavy atom. The van der Waals surface area contributed by atoms with Crippen LogP contribution < -0.4 is 10.6 Å². The van der Waals surface area contributed by atoms with E-state index >= 15 is 0 Å². The summed E-state index contributed by atoms with van der Waals surface area (Å²) in [4.78, 5) is 20.6. The average molecular weight is 364 g/mol.